The van der Waals surface area contributed by atoms with Gasteiger partial charge in [0.25, 0.3) is 0 Å². The third kappa shape index (κ3) is 3.93. The van der Waals surface area contributed by atoms with Crippen LogP contribution >= 0.6 is 0 Å². The van der Waals surface area contributed by atoms with Gasteiger partial charge in [-0.25, -0.2) is 0 Å². The average Bonchev–Trinajstić information content (AvgIpc) is 3.43. The molecule has 37 heavy (non-hydrogen) atoms. The lowest BCUT2D eigenvalue weighted by atomic mass is 9.49. The summed E-state index contributed by atoms with van der Waals surface area (Å²) in [5.41, 5.74) is 3.30. The van der Waals surface area contributed by atoms with Crippen molar-refractivity contribution < 1.29 is 24.8 Å². The van der Waals surface area contributed by atoms with E-state index in [1.807, 2.05) is 0 Å². The van der Waals surface area contributed by atoms with Crippen molar-refractivity contribution in [3.63, 3.8) is 0 Å². The topological polar surface area (TPSA) is 82.4 Å². The normalized spacial score (nSPS) is 40.4. The molecule has 1 unspecified atom stereocenters. The minimum atomic E-state index is -0.879. The average molecular weight is 512 g/mol. The summed E-state index contributed by atoms with van der Waals surface area (Å²) < 4.78 is 12.1. The molecule has 0 bridgehead atoms. The summed E-state index contributed by atoms with van der Waals surface area (Å²) >= 11 is 0. The van der Waals surface area contributed by atoms with Crippen LogP contribution in [0.5, 0.6) is 0 Å². The zero-order valence-corrected chi connectivity index (χ0v) is 22.8. The van der Waals surface area contributed by atoms with Crippen molar-refractivity contribution in [3.8, 4) is 0 Å². The molecular formula is C31H45NO5. The van der Waals surface area contributed by atoms with Crippen molar-refractivity contribution >= 4 is 5.69 Å². The molecule has 0 amide bonds. The van der Waals surface area contributed by atoms with E-state index in [2.05, 4.69) is 50.2 Å². The number of rotatable bonds is 5. The fraction of sp³-hybridized carbons (Fsp3) is 0.742. The highest BCUT2D eigenvalue weighted by Gasteiger charge is 2.64. The molecule has 204 valence electrons. The fourth-order valence-electron chi connectivity index (χ4n) is 9.19. The Morgan fingerprint density at radius 2 is 1.73 bits per heavy atom. The number of anilines is 1. The third-order valence-corrected chi connectivity index (χ3v) is 11.1. The van der Waals surface area contributed by atoms with Gasteiger partial charge in [-0.2, -0.15) is 0 Å². The van der Waals surface area contributed by atoms with Crippen LogP contribution in [0.15, 0.2) is 35.4 Å². The molecule has 6 atom stereocenters. The summed E-state index contributed by atoms with van der Waals surface area (Å²) in [7, 11) is 4.13. The van der Waals surface area contributed by atoms with Crippen molar-refractivity contribution in [3.05, 3.63) is 41.0 Å². The minimum absolute atomic E-state index is 0.121. The van der Waals surface area contributed by atoms with Crippen LogP contribution in [0.2, 0.25) is 0 Å². The highest BCUT2D eigenvalue weighted by molar-refractivity contribution is 5.50. The number of allylic oxidation sites excluding steroid dienone is 1. The molecule has 6 rings (SSSR count). The molecule has 4 aliphatic carbocycles. The molecule has 0 aromatic heterocycles. The summed E-state index contributed by atoms with van der Waals surface area (Å²) in [5.74, 6) is 0.309. The molecular weight excluding hydrogens is 466 g/mol. The van der Waals surface area contributed by atoms with E-state index in [0.29, 0.717) is 44.3 Å². The molecule has 1 aromatic rings. The summed E-state index contributed by atoms with van der Waals surface area (Å²) in [5, 5.41) is 33.8. The van der Waals surface area contributed by atoms with E-state index in [4.69, 9.17) is 9.47 Å². The molecule has 3 saturated carbocycles. The zero-order chi connectivity index (χ0) is 26.1. The van der Waals surface area contributed by atoms with Gasteiger partial charge in [0, 0.05) is 50.6 Å². The monoisotopic (exact) mass is 511 g/mol. The number of aliphatic hydroxyl groups is 3. The maximum atomic E-state index is 12.2. The first-order valence-corrected chi connectivity index (χ1v) is 14.5. The van der Waals surface area contributed by atoms with Crippen LogP contribution in [-0.2, 0) is 9.47 Å². The van der Waals surface area contributed by atoms with Crippen molar-refractivity contribution in [2.75, 3.05) is 38.8 Å². The molecule has 1 aromatic carbocycles. The lowest BCUT2D eigenvalue weighted by molar-refractivity contribution is -0.208. The Kier molecular flexibility index (Phi) is 6.32. The van der Waals surface area contributed by atoms with Crippen molar-refractivity contribution in [2.24, 2.45) is 17.3 Å². The first kappa shape index (κ1) is 25.8. The highest BCUT2D eigenvalue weighted by Crippen LogP contribution is 2.68. The Balaban J connectivity index is 1.45. The zero-order valence-electron chi connectivity index (χ0n) is 22.8. The second kappa shape index (κ2) is 9.06. The van der Waals surface area contributed by atoms with Gasteiger partial charge in [-0.15, -0.1) is 0 Å². The number of hydrogen-bond acceptors (Lipinski definition) is 6. The highest BCUT2D eigenvalue weighted by atomic mass is 16.7. The van der Waals surface area contributed by atoms with Crippen LogP contribution in [0, 0.1) is 17.3 Å². The Morgan fingerprint density at radius 1 is 1.00 bits per heavy atom. The van der Waals surface area contributed by atoms with E-state index in [1.54, 1.807) is 0 Å². The van der Waals surface area contributed by atoms with E-state index in [1.165, 1.54) is 22.4 Å². The van der Waals surface area contributed by atoms with E-state index in [9.17, 15) is 15.3 Å². The van der Waals surface area contributed by atoms with Crippen LogP contribution in [0.3, 0.4) is 0 Å². The number of nitrogens with zero attached hydrogens (tertiary/aromatic N) is 1. The van der Waals surface area contributed by atoms with Gasteiger partial charge in [-0.1, -0.05) is 24.6 Å². The molecule has 5 aliphatic rings. The maximum Gasteiger partial charge on any atom is 0.171 e. The first-order chi connectivity index (χ1) is 17.6. The smallest absolute Gasteiger partial charge is 0.171 e. The van der Waals surface area contributed by atoms with Crippen molar-refractivity contribution in [1.29, 1.82) is 0 Å². The van der Waals surface area contributed by atoms with Gasteiger partial charge in [0.1, 0.15) is 0 Å². The second-order valence-electron chi connectivity index (χ2n) is 13.1. The Hall–Kier alpha value is -1.44. The Bertz CT molecular complexity index is 1050. The van der Waals surface area contributed by atoms with E-state index in [0.717, 1.165) is 44.9 Å². The number of ether oxygens (including phenoxy) is 2. The Labute approximate surface area is 221 Å². The number of aliphatic hydroxyl groups excluding tert-OH is 1. The molecule has 1 saturated heterocycles. The van der Waals surface area contributed by atoms with Gasteiger partial charge in [0.05, 0.1) is 24.4 Å². The predicted octanol–water partition coefficient (Wildman–Crippen LogP) is 4.52. The van der Waals surface area contributed by atoms with Crippen LogP contribution in [-0.4, -0.2) is 66.2 Å². The summed E-state index contributed by atoms with van der Waals surface area (Å²) in [6, 6.07) is 8.91. The van der Waals surface area contributed by atoms with Gasteiger partial charge in [0.15, 0.2) is 5.79 Å². The van der Waals surface area contributed by atoms with Crippen LogP contribution in [0.1, 0.15) is 82.6 Å². The van der Waals surface area contributed by atoms with Gasteiger partial charge in [-0.05, 0) is 86.5 Å². The predicted molar refractivity (Wildman–Crippen MR) is 143 cm³/mol. The third-order valence-electron chi connectivity index (χ3n) is 11.1. The SMILES string of the molecule is CN(C)c1ccc([C@H]2C[C@]3(C)[C@@H](CC[C@]3(O)CCCO)C3CC[C@@]4(O)CC5(CCC4=C32)OCCO5)cc1. The lowest BCUT2D eigenvalue weighted by Crippen LogP contribution is -2.55. The maximum absolute atomic E-state index is 12.2. The fourth-order valence-corrected chi connectivity index (χ4v) is 9.19. The summed E-state index contributed by atoms with van der Waals surface area (Å²) in [6.07, 6.45) is 7.80. The molecule has 4 fully saturated rings. The second-order valence-corrected chi connectivity index (χ2v) is 13.1. The summed E-state index contributed by atoms with van der Waals surface area (Å²) in [4.78, 5) is 2.12. The van der Waals surface area contributed by atoms with Crippen molar-refractivity contribution in [2.45, 2.75) is 94.0 Å². The molecule has 6 heteroatoms. The molecule has 1 spiro atoms. The molecule has 1 aliphatic heterocycles. The van der Waals surface area contributed by atoms with E-state index >= 15 is 0 Å². The van der Waals surface area contributed by atoms with Crippen LogP contribution in [0.25, 0.3) is 0 Å². The van der Waals surface area contributed by atoms with Crippen LogP contribution < -0.4 is 4.90 Å². The van der Waals surface area contributed by atoms with Gasteiger partial charge >= 0.3 is 0 Å². The van der Waals surface area contributed by atoms with E-state index in [-0.39, 0.29) is 17.9 Å². The quantitative estimate of drug-likeness (QED) is 0.504. The first-order valence-electron chi connectivity index (χ1n) is 14.5. The van der Waals surface area contributed by atoms with Crippen LogP contribution in [0.4, 0.5) is 5.69 Å². The minimum Gasteiger partial charge on any atom is -0.396 e. The molecule has 6 nitrogen and oxygen atoms in total. The standard InChI is InChI=1S/C31H45NO5/c1-28-19-24(21-5-7-22(8-6-21)32(2)3)27-23(25(28)10-14-30(28,35)12-4-16-33)9-13-29(34)20-31(15-11-26(27)29)36-17-18-37-31/h5-8,23-25,33-35H,4,9-20H2,1-3H3/t23?,24-,25+,28-,29-,30-/m1/s1. The number of benzene rings is 1. The van der Waals surface area contributed by atoms with Crippen molar-refractivity contribution in [1.82, 2.24) is 0 Å². The Morgan fingerprint density at radius 3 is 2.41 bits per heavy atom. The van der Waals surface area contributed by atoms with Gasteiger partial charge < -0.3 is 29.7 Å². The molecule has 0 radical (unpaired) electrons. The largest absolute Gasteiger partial charge is 0.396 e. The van der Waals surface area contributed by atoms with Gasteiger partial charge in [0.2, 0.25) is 0 Å². The van der Waals surface area contributed by atoms with Gasteiger partial charge in [-0.3, -0.25) is 0 Å². The number of hydrogen-bond donors (Lipinski definition) is 3. The molecule has 1 heterocycles. The van der Waals surface area contributed by atoms with E-state index < -0.39 is 17.0 Å². The lowest BCUT2D eigenvalue weighted by Gasteiger charge is -2.57. The number of fused-ring (bicyclic) bond motifs is 4. The molecule has 3 N–H and O–H groups in total. The summed E-state index contributed by atoms with van der Waals surface area (Å²) in [6.45, 7) is 3.66.